The number of nitrogens with zero attached hydrogens (tertiary/aromatic N) is 5. The standard InChI is InChI=1S/C76H91ClF3N9O8S4/c1-51(53-17-19-55(20-18-53)69-52(2)81-50-99-69)82-72(93)66-44-61(90)48-89(66)73(94)70(74(3,4)5)84-68(91)16-12-7-8-13-33-75(6)34-31-64(54-21-25-58(77)26-22-54)57(46-75)47-87-36-38-88(39-37-87)60-27-23-56(24-28-60)71(92)85-100-63-29-30-65(67(45-63)101(95,96)76(78,79)80)83-59(32-35-86-40-42-97-43-41-86)49-98-62-14-10-9-11-15-62/h9-11,14-15,17-30,45,50-51,59,61,66,70,83,90H,7-8,12,16,31-32,34-44,46-49H2,1-6H3,(H,82,93)(H,84,91)(H,85,92)/t51-,59+,61+,66-,70+,75?/m0/s1. The number of morpholine rings is 1. The number of ether oxygens (including phenoxy) is 1. The maximum absolute atomic E-state index is 14.4. The van der Waals surface area contributed by atoms with Crippen molar-refractivity contribution in [3.63, 3.8) is 0 Å². The van der Waals surface area contributed by atoms with Gasteiger partial charge < -0.3 is 35.6 Å². The van der Waals surface area contributed by atoms with Gasteiger partial charge in [-0.1, -0.05) is 98.5 Å². The van der Waals surface area contributed by atoms with Crippen molar-refractivity contribution in [3.05, 3.63) is 160 Å². The molecule has 3 aliphatic heterocycles. The number of β-amino-alcohol motifs (C(OH)–C–C–N with tert-alkyl or cyclic N) is 1. The Bertz CT molecular complexity index is 4040. The number of carbonyl (C=O) groups is 4. The molecule has 10 rings (SSSR count). The van der Waals surface area contributed by atoms with Gasteiger partial charge in [0.25, 0.3) is 15.7 Å². The van der Waals surface area contributed by atoms with E-state index in [1.807, 2.05) is 119 Å². The molecule has 6 aromatic rings. The number of halogens is 4. The summed E-state index contributed by atoms with van der Waals surface area (Å²) in [6.45, 7) is 18.7. The van der Waals surface area contributed by atoms with Crippen LogP contribution < -0.4 is 25.6 Å². The van der Waals surface area contributed by atoms with Crippen LogP contribution in [0.15, 0.2) is 147 Å². The quantitative estimate of drug-likeness (QED) is 0.0148. The highest BCUT2D eigenvalue weighted by Gasteiger charge is 2.49. The van der Waals surface area contributed by atoms with Crippen molar-refractivity contribution in [2.45, 2.75) is 150 Å². The first-order chi connectivity index (χ1) is 48.2. The van der Waals surface area contributed by atoms with Gasteiger partial charge >= 0.3 is 5.51 Å². The maximum Gasteiger partial charge on any atom is 0.501 e. The Labute approximate surface area is 609 Å². The first-order valence-electron chi connectivity index (χ1n) is 34.5. The van der Waals surface area contributed by atoms with Gasteiger partial charge in [-0.05, 0) is 166 Å². The van der Waals surface area contributed by atoms with Crippen LogP contribution in [0.25, 0.3) is 16.0 Å². The number of hydrogen-bond donors (Lipinski definition) is 5. The van der Waals surface area contributed by atoms with E-state index in [1.165, 1.54) is 39.9 Å². The molecular formula is C76H91ClF3N9O8S4. The van der Waals surface area contributed by atoms with Gasteiger partial charge in [0.2, 0.25) is 17.7 Å². The Balaban J connectivity index is 0.699. The molecule has 5 N–H and O–H groups in total. The molecule has 0 spiro atoms. The summed E-state index contributed by atoms with van der Waals surface area (Å²) in [5.41, 5.74) is 3.01. The number of amides is 4. The summed E-state index contributed by atoms with van der Waals surface area (Å²) in [6, 6.07) is 33.9. The number of aromatic nitrogens is 1. The van der Waals surface area contributed by atoms with Crippen LogP contribution in [0.2, 0.25) is 5.02 Å². The van der Waals surface area contributed by atoms with Gasteiger partial charge in [0, 0.05) is 121 Å². The largest absolute Gasteiger partial charge is 0.501 e. The number of hydrogen-bond acceptors (Lipinski definition) is 16. The fourth-order valence-electron chi connectivity index (χ4n) is 13.3. The van der Waals surface area contributed by atoms with Gasteiger partial charge in [-0.25, -0.2) is 13.4 Å². The number of aliphatic hydroxyl groups excluding tert-OH is 1. The third kappa shape index (κ3) is 20.7. The van der Waals surface area contributed by atoms with Crippen LogP contribution in [0.3, 0.4) is 0 Å². The number of sulfone groups is 1. The monoisotopic (exact) mass is 1480 g/mol. The Morgan fingerprint density at radius 1 is 0.861 bits per heavy atom. The molecule has 6 atom stereocenters. The van der Waals surface area contributed by atoms with E-state index >= 15 is 0 Å². The Kier molecular flexibility index (Phi) is 26.3. The summed E-state index contributed by atoms with van der Waals surface area (Å²) in [4.78, 5) is 69.4. The zero-order valence-corrected chi connectivity index (χ0v) is 62.1. The molecule has 1 aliphatic carbocycles. The summed E-state index contributed by atoms with van der Waals surface area (Å²) >= 11 is 10.2. The molecule has 101 heavy (non-hydrogen) atoms. The van der Waals surface area contributed by atoms with Crippen molar-refractivity contribution in [1.29, 1.82) is 0 Å². The number of rotatable bonds is 26. The number of carbonyl (C=O) groups excluding carboxylic acids is 4. The van der Waals surface area contributed by atoms with Crippen LogP contribution >= 0.6 is 46.6 Å². The molecule has 1 aromatic heterocycles. The predicted molar refractivity (Wildman–Crippen MR) is 397 cm³/mol. The van der Waals surface area contributed by atoms with Gasteiger partial charge in [0.1, 0.15) is 17.0 Å². The Hall–Kier alpha value is -6.92. The number of nitrogens with one attached hydrogen (secondary N) is 4. The molecule has 4 amide bonds. The second-order valence-corrected chi connectivity index (χ2v) is 33.0. The van der Waals surface area contributed by atoms with Crippen molar-refractivity contribution in [2.24, 2.45) is 10.8 Å². The minimum Gasteiger partial charge on any atom is -0.391 e. The Morgan fingerprint density at radius 3 is 2.24 bits per heavy atom. The van der Waals surface area contributed by atoms with E-state index in [0.717, 1.165) is 121 Å². The maximum atomic E-state index is 14.4. The number of piperazine rings is 1. The fraction of sp³-hybridized carbons (Fsp3) is 0.461. The number of thioether (sulfide) groups is 1. The summed E-state index contributed by atoms with van der Waals surface area (Å²) in [5, 5.41) is 20.7. The molecule has 0 radical (unpaired) electrons. The molecule has 1 unspecified atom stereocenters. The van der Waals surface area contributed by atoms with Crippen molar-refractivity contribution in [2.75, 3.05) is 88.1 Å². The average Bonchev–Trinajstić information content (AvgIpc) is 1.41. The minimum absolute atomic E-state index is 0.0171. The molecule has 0 bridgehead atoms. The number of aryl methyl sites for hydroxylation is 1. The zero-order chi connectivity index (χ0) is 72.1. The second-order valence-electron chi connectivity index (χ2n) is 27.9. The van der Waals surface area contributed by atoms with Gasteiger partial charge in [-0.2, -0.15) is 13.2 Å². The third-order valence-electron chi connectivity index (χ3n) is 19.1. The second kappa shape index (κ2) is 34.6. The van der Waals surface area contributed by atoms with E-state index in [0.29, 0.717) is 61.8 Å². The lowest BCUT2D eigenvalue weighted by atomic mass is 9.71. The summed E-state index contributed by atoms with van der Waals surface area (Å²) < 4.78 is 77.6. The van der Waals surface area contributed by atoms with Crippen molar-refractivity contribution in [3.8, 4) is 22.3 Å². The van der Waals surface area contributed by atoms with Gasteiger partial charge in [-0.15, -0.1) is 29.0 Å². The normalized spacial score (nSPS) is 19.6. The predicted octanol–water partition coefficient (Wildman–Crippen LogP) is 13.5. The number of likely N-dealkylation sites (tertiary alicyclic amines) is 1. The molecule has 3 fully saturated rings. The molecule has 17 nitrogen and oxygen atoms in total. The Morgan fingerprint density at radius 2 is 1.56 bits per heavy atom. The van der Waals surface area contributed by atoms with Gasteiger partial charge in [-0.3, -0.25) is 33.7 Å². The van der Waals surface area contributed by atoms with Crippen LogP contribution in [0.1, 0.15) is 126 Å². The lowest BCUT2D eigenvalue weighted by Crippen LogP contribution is -2.57. The van der Waals surface area contributed by atoms with E-state index in [9.17, 15) is 45.9 Å². The number of unbranched alkanes of at least 4 members (excludes halogenated alkanes) is 2. The molecule has 540 valence electrons. The molecule has 5 aromatic carbocycles. The number of alkyl halides is 3. The van der Waals surface area contributed by atoms with E-state index in [1.54, 1.807) is 23.5 Å². The lowest BCUT2D eigenvalue weighted by Gasteiger charge is -2.39. The van der Waals surface area contributed by atoms with Crippen LogP contribution in [0.4, 0.5) is 24.5 Å². The van der Waals surface area contributed by atoms with Crippen molar-refractivity contribution < 1.29 is 50.6 Å². The molecular weight excluding hydrogens is 1390 g/mol. The highest BCUT2D eigenvalue weighted by molar-refractivity contribution is 7.99. The smallest absolute Gasteiger partial charge is 0.391 e. The molecule has 25 heteroatoms. The molecule has 0 saturated carbocycles. The van der Waals surface area contributed by atoms with Gasteiger partial charge in [0.05, 0.1) is 47.1 Å². The van der Waals surface area contributed by atoms with Crippen LogP contribution in [-0.4, -0.2) is 164 Å². The SMILES string of the molecule is Cc1ncsc1-c1ccc([C@H](C)NC(=O)[C@@H]2C[C@@H](O)CN2C(=O)[C@@H](NC(=O)CCCCC#CC2(C)CCC(c3ccc(Cl)cc3)=C(CN3CCN(c4ccc(C(=O)NSc5ccc(N[C@H](CCN6CCOCC6)CSc6ccccc6)c(S(=O)(=O)C(F)(F)F)c5)cc4)CC3)C2)C(C)(C)C)cc1. The zero-order valence-electron chi connectivity index (χ0n) is 58.0. The van der Waals surface area contributed by atoms with E-state index < -0.39 is 61.7 Å². The number of benzene rings is 5. The average molecular weight is 1480 g/mol. The van der Waals surface area contributed by atoms with Gasteiger partial charge in [0.15, 0.2) is 0 Å². The summed E-state index contributed by atoms with van der Waals surface area (Å²) in [5.74, 6) is 6.02. The topological polar surface area (TPSA) is 206 Å². The van der Waals surface area contributed by atoms with E-state index in [-0.39, 0.29) is 53.2 Å². The summed E-state index contributed by atoms with van der Waals surface area (Å²) in [6.07, 6.45) is 4.27. The van der Waals surface area contributed by atoms with Crippen LogP contribution in [-0.2, 0) is 29.0 Å². The fourth-order valence-corrected chi connectivity index (χ4v) is 16.9. The number of thiazole rings is 1. The van der Waals surface area contributed by atoms with E-state index in [2.05, 4.69) is 71.3 Å². The van der Waals surface area contributed by atoms with Crippen molar-refractivity contribution in [1.82, 2.24) is 35.0 Å². The lowest BCUT2D eigenvalue weighted by molar-refractivity contribution is -0.144. The van der Waals surface area contributed by atoms with Crippen LogP contribution in [0.5, 0.6) is 0 Å². The third-order valence-corrected chi connectivity index (χ3v) is 23.8. The van der Waals surface area contributed by atoms with Crippen LogP contribution in [0, 0.1) is 29.6 Å². The highest BCUT2D eigenvalue weighted by Crippen LogP contribution is 2.44. The number of aliphatic hydroxyl groups is 1. The highest BCUT2D eigenvalue weighted by atomic mass is 35.5. The number of anilines is 2. The first kappa shape index (κ1) is 76.7. The number of allylic oxidation sites excluding steroid dienone is 1. The molecule has 4 aliphatic rings. The van der Waals surface area contributed by atoms with E-state index in [4.69, 9.17) is 16.3 Å². The molecule has 3 saturated heterocycles. The first-order valence-corrected chi connectivity index (χ1v) is 39.0. The minimum atomic E-state index is -5.81. The summed E-state index contributed by atoms with van der Waals surface area (Å²) in [7, 11) is -5.81. The van der Waals surface area contributed by atoms with Crippen molar-refractivity contribution >= 4 is 97.1 Å². The molecule has 4 heterocycles.